The maximum Gasteiger partial charge on any atom is 0.243 e. The van der Waals surface area contributed by atoms with Gasteiger partial charge in [-0.3, -0.25) is 0 Å². The van der Waals surface area contributed by atoms with Crippen LogP contribution in [-0.4, -0.2) is 45.1 Å². The molecule has 1 atom stereocenters. The summed E-state index contributed by atoms with van der Waals surface area (Å²) in [5.74, 6) is -0.765. The summed E-state index contributed by atoms with van der Waals surface area (Å²) in [6.07, 6.45) is 0. The summed E-state index contributed by atoms with van der Waals surface area (Å²) in [6.45, 7) is 3.97. The van der Waals surface area contributed by atoms with Crippen LogP contribution in [0.3, 0.4) is 0 Å². The van der Waals surface area contributed by atoms with Crippen molar-refractivity contribution in [3.8, 4) is 0 Å². The monoisotopic (exact) mass is 318 g/mol. The van der Waals surface area contributed by atoms with Crippen LogP contribution in [0.15, 0.2) is 23.1 Å². The van der Waals surface area contributed by atoms with Crippen LogP contribution >= 0.6 is 0 Å². The summed E-state index contributed by atoms with van der Waals surface area (Å²) in [7, 11) is -0.288. The first-order chi connectivity index (χ1) is 9.67. The lowest BCUT2D eigenvalue weighted by Gasteiger charge is -2.25. The third kappa shape index (κ3) is 5.03. The van der Waals surface area contributed by atoms with Crippen molar-refractivity contribution in [1.29, 1.82) is 0 Å². The van der Waals surface area contributed by atoms with Crippen molar-refractivity contribution in [3.05, 3.63) is 29.6 Å². The summed E-state index contributed by atoms with van der Waals surface area (Å²) < 4.78 is 41.1. The highest BCUT2D eigenvalue weighted by Crippen LogP contribution is 2.18. The molecule has 1 rings (SSSR count). The fourth-order valence-electron chi connectivity index (χ4n) is 1.89. The van der Waals surface area contributed by atoms with E-state index in [1.54, 1.807) is 0 Å². The Hall–Kier alpha value is -1.02. The molecule has 0 amide bonds. The molecule has 0 saturated heterocycles. The van der Waals surface area contributed by atoms with Gasteiger partial charge in [0.1, 0.15) is 10.7 Å². The summed E-state index contributed by atoms with van der Waals surface area (Å²) in [4.78, 5) is 1.44. The van der Waals surface area contributed by atoms with Crippen molar-refractivity contribution in [2.24, 2.45) is 5.92 Å². The van der Waals surface area contributed by atoms with Crippen molar-refractivity contribution in [2.45, 2.75) is 31.4 Å². The number of aliphatic hydroxyl groups excluding tert-OH is 1. The molecule has 0 radical (unpaired) electrons. The first-order valence-electron chi connectivity index (χ1n) is 6.73. The van der Waals surface area contributed by atoms with E-state index in [9.17, 15) is 12.8 Å². The number of nitrogens with zero attached hydrogens (tertiary/aromatic N) is 1. The molecule has 0 aliphatic carbocycles. The van der Waals surface area contributed by atoms with Crippen LogP contribution in [0.25, 0.3) is 0 Å². The van der Waals surface area contributed by atoms with E-state index in [0.29, 0.717) is 12.1 Å². The van der Waals surface area contributed by atoms with Crippen LogP contribution < -0.4 is 4.72 Å². The molecule has 2 N–H and O–H groups in total. The maximum absolute atomic E-state index is 13.8. The molecular weight excluding hydrogens is 295 g/mol. The number of benzene rings is 1. The molecule has 0 aliphatic heterocycles. The second-order valence-electron chi connectivity index (χ2n) is 5.66. The molecule has 1 unspecified atom stereocenters. The summed E-state index contributed by atoms with van der Waals surface area (Å²) >= 11 is 0. The largest absolute Gasteiger partial charge is 0.392 e. The quantitative estimate of drug-likeness (QED) is 0.792. The Labute approximate surface area is 125 Å². The predicted octanol–water partition coefficient (Wildman–Crippen LogP) is 1.18. The van der Waals surface area contributed by atoms with Gasteiger partial charge in [-0.15, -0.1) is 0 Å². The molecule has 0 aromatic heterocycles. The number of aliphatic hydroxyl groups is 1. The number of halogens is 1. The van der Waals surface area contributed by atoms with Crippen molar-refractivity contribution in [2.75, 3.05) is 20.6 Å². The standard InChI is InChI=1S/C14H23FN2O3S/c1-10(2)13(8-17(3)4)16-21(19,20)14-7-11(9-18)5-6-12(14)15/h5-7,10,13,16,18H,8-9H2,1-4H3. The summed E-state index contributed by atoms with van der Waals surface area (Å²) in [6, 6.07) is 3.23. The van der Waals surface area contributed by atoms with E-state index in [1.165, 1.54) is 6.07 Å². The van der Waals surface area contributed by atoms with E-state index in [0.717, 1.165) is 12.1 Å². The molecule has 0 spiro atoms. The van der Waals surface area contributed by atoms with Gasteiger partial charge in [0.05, 0.1) is 6.61 Å². The van der Waals surface area contributed by atoms with Gasteiger partial charge < -0.3 is 10.0 Å². The van der Waals surface area contributed by atoms with Crippen LogP contribution in [0.5, 0.6) is 0 Å². The van der Waals surface area contributed by atoms with Crippen LogP contribution in [0.4, 0.5) is 4.39 Å². The van der Waals surface area contributed by atoms with E-state index in [-0.39, 0.29) is 18.6 Å². The van der Waals surface area contributed by atoms with Gasteiger partial charge in [0.2, 0.25) is 10.0 Å². The van der Waals surface area contributed by atoms with Gasteiger partial charge in [0.15, 0.2) is 0 Å². The minimum Gasteiger partial charge on any atom is -0.392 e. The van der Waals surface area contributed by atoms with E-state index in [1.807, 2.05) is 32.8 Å². The van der Waals surface area contributed by atoms with Gasteiger partial charge >= 0.3 is 0 Å². The summed E-state index contributed by atoms with van der Waals surface area (Å²) in [5.41, 5.74) is 0.352. The predicted molar refractivity (Wildman–Crippen MR) is 79.8 cm³/mol. The second kappa shape index (κ2) is 7.31. The fraction of sp³-hybridized carbons (Fsp3) is 0.571. The molecule has 0 bridgehead atoms. The average molecular weight is 318 g/mol. The van der Waals surface area contributed by atoms with Crippen molar-refractivity contribution >= 4 is 10.0 Å². The first kappa shape index (κ1) is 18.0. The van der Waals surface area contributed by atoms with Crippen molar-refractivity contribution in [1.82, 2.24) is 9.62 Å². The summed E-state index contributed by atoms with van der Waals surface area (Å²) in [5, 5.41) is 9.06. The molecule has 1 aromatic rings. The number of rotatable bonds is 7. The van der Waals surface area contributed by atoms with Gasteiger partial charge in [-0.25, -0.2) is 17.5 Å². The Bertz CT molecular complexity index is 574. The van der Waals surface area contributed by atoms with Gasteiger partial charge in [0.25, 0.3) is 0 Å². The van der Waals surface area contributed by atoms with Crippen LogP contribution in [-0.2, 0) is 16.6 Å². The average Bonchev–Trinajstić information content (AvgIpc) is 2.37. The highest BCUT2D eigenvalue weighted by Gasteiger charge is 2.25. The van der Waals surface area contributed by atoms with E-state index in [2.05, 4.69) is 4.72 Å². The lowest BCUT2D eigenvalue weighted by Crippen LogP contribution is -2.45. The number of hydrogen-bond donors (Lipinski definition) is 2. The Morgan fingerprint density at radius 2 is 1.95 bits per heavy atom. The van der Waals surface area contributed by atoms with Crippen molar-refractivity contribution < 1.29 is 17.9 Å². The van der Waals surface area contributed by atoms with Crippen molar-refractivity contribution in [3.63, 3.8) is 0 Å². The lowest BCUT2D eigenvalue weighted by molar-refractivity contribution is 0.281. The molecular formula is C14H23FN2O3S. The van der Waals surface area contributed by atoms with E-state index < -0.39 is 20.7 Å². The molecule has 1 aromatic carbocycles. The maximum atomic E-state index is 13.8. The Kier molecular flexibility index (Phi) is 6.27. The zero-order valence-corrected chi connectivity index (χ0v) is 13.6. The molecule has 120 valence electrons. The van der Waals surface area contributed by atoms with Crippen LogP contribution in [0.1, 0.15) is 19.4 Å². The smallest absolute Gasteiger partial charge is 0.243 e. The third-order valence-corrected chi connectivity index (χ3v) is 4.65. The number of nitrogens with one attached hydrogen (secondary N) is 1. The zero-order valence-electron chi connectivity index (χ0n) is 12.8. The normalized spacial score (nSPS) is 13.9. The molecule has 0 aliphatic rings. The van der Waals surface area contributed by atoms with Gasteiger partial charge in [-0.05, 0) is 37.7 Å². The van der Waals surface area contributed by atoms with E-state index in [4.69, 9.17) is 5.11 Å². The molecule has 0 heterocycles. The molecule has 5 nitrogen and oxygen atoms in total. The lowest BCUT2D eigenvalue weighted by atomic mass is 10.1. The number of hydrogen-bond acceptors (Lipinski definition) is 4. The van der Waals surface area contributed by atoms with Gasteiger partial charge in [-0.1, -0.05) is 19.9 Å². The molecule has 21 heavy (non-hydrogen) atoms. The minimum atomic E-state index is -3.98. The zero-order chi connectivity index (χ0) is 16.2. The van der Waals surface area contributed by atoms with Gasteiger partial charge in [-0.2, -0.15) is 0 Å². The third-order valence-electron chi connectivity index (χ3n) is 3.14. The topological polar surface area (TPSA) is 69.6 Å². The number of sulfonamides is 1. The second-order valence-corrected chi connectivity index (χ2v) is 7.34. The first-order valence-corrected chi connectivity index (χ1v) is 8.22. The minimum absolute atomic E-state index is 0.0614. The van der Waals surface area contributed by atoms with Crippen LogP contribution in [0, 0.1) is 11.7 Å². The Balaban J connectivity index is 3.10. The molecule has 7 heteroatoms. The highest BCUT2D eigenvalue weighted by molar-refractivity contribution is 7.89. The Morgan fingerprint density at radius 3 is 2.43 bits per heavy atom. The Morgan fingerprint density at radius 1 is 1.33 bits per heavy atom. The van der Waals surface area contributed by atoms with Crippen LogP contribution in [0.2, 0.25) is 0 Å². The number of likely N-dealkylation sites (N-methyl/N-ethyl adjacent to an activating group) is 1. The fourth-order valence-corrected chi connectivity index (χ4v) is 3.40. The van der Waals surface area contributed by atoms with Gasteiger partial charge in [0, 0.05) is 12.6 Å². The molecule has 0 fully saturated rings. The highest BCUT2D eigenvalue weighted by atomic mass is 32.2. The van der Waals surface area contributed by atoms with E-state index >= 15 is 0 Å². The SMILES string of the molecule is CC(C)C(CN(C)C)NS(=O)(=O)c1cc(CO)ccc1F. The molecule has 0 saturated carbocycles.